The van der Waals surface area contributed by atoms with Crippen molar-refractivity contribution >= 4 is 5.78 Å². The highest BCUT2D eigenvalue weighted by molar-refractivity contribution is 5.82. The van der Waals surface area contributed by atoms with Gasteiger partial charge in [0.25, 0.3) is 0 Å². The van der Waals surface area contributed by atoms with Gasteiger partial charge < -0.3 is 0 Å². The molecule has 1 aromatic carbocycles. The number of carbonyl (C=O) groups excluding carboxylic acids is 1. The van der Waals surface area contributed by atoms with Gasteiger partial charge in [0.1, 0.15) is 0 Å². The zero-order chi connectivity index (χ0) is 11.4. The van der Waals surface area contributed by atoms with Crippen LogP contribution in [-0.2, 0) is 11.2 Å². The van der Waals surface area contributed by atoms with Gasteiger partial charge in [0.2, 0.25) is 0 Å². The Hall–Kier alpha value is -1.15. The molecule has 0 N–H and O–H groups in total. The van der Waals surface area contributed by atoms with Crippen LogP contribution in [0, 0.1) is 5.92 Å². The third kappa shape index (κ3) is 3.17. The fourth-order valence-corrected chi connectivity index (χ4v) is 2.30. The van der Waals surface area contributed by atoms with Gasteiger partial charge in [0.15, 0.2) is 5.78 Å². The molecule has 0 spiro atoms. The number of carbonyl (C=O) groups is 1. The van der Waals surface area contributed by atoms with Crippen molar-refractivity contribution in [3.05, 3.63) is 35.9 Å². The van der Waals surface area contributed by atoms with Crippen molar-refractivity contribution in [2.24, 2.45) is 5.92 Å². The molecule has 2 rings (SSSR count). The summed E-state index contributed by atoms with van der Waals surface area (Å²) in [6.07, 6.45) is 1.81. The number of hydrogen-bond acceptors (Lipinski definition) is 2. The van der Waals surface area contributed by atoms with Crippen LogP contribution in [-0.4, -0.2) is 30.3 Å². The SMILES string of the molecule is CC1CCN(CC(=O)Cc2ccccc2)C1. The van der Waals surface area contributed by atoms with Gasteiger partial charge in [-0.05, 0) is 24.4 Å². The molecule has 0 aromatic heterocycles. The number of Topliss-reactive ketones (excluding diaryl/α,β-unsaturated/α-hetero) is 1. The molecule has 2 heteroatoms. The van der Waals surface area contributed by atoms with E-state index in [0.29, 0.717) is 18.7 Å². The minimum absolute atomic E-state index is 0.334. The Morgan fingerprint density at radius 3 is 2.75 bits per heavy atom. The summed E-state index contributed by atoms with van der Waals surface area (Å²) in [5.41, 5.74) is 1.12. The first kappa shape index (κ1) is 11.3. The van der Waals surface area contributed by atoms with Gasteiger partial charge in [-0.3, -0.25) is 9.69 Å². The Balaban J connectivity index is 1.81. The molecule has 1 aromatic rings. The zero-order valence-corrected chi connectivity index (χ0v) is 9.86. The van der Waals surface area contributed by atoms with Crippen molar-refractivity contribution < 1.29 is 4.79 Å². The maximum absolute atomic E-state index is 11.8. The monoisotopic (exact) mass is 217 g/mol. The number of likely N-dealkylation sites (tertiary alicyclic amines) is 1. The first-order valence-electron chi connectivity index (χ1n) is 6.02. The van der Waals surface area contributed by atoms with Crippen LogP contribution in [0.1, 0.15) is 18.9 Å². The molecule has 0 radical (unpaired) electrons. The van der Waals surface area contributed by atoms with E-state index in [1.54, 1.807) is 0 Å². The lowest BCUT2D eigenvalue weighted by Gasteiger charge is -2.13. The third-order valence-corrected chi connectivity index (χ3v) is 3.15. The van der Waals surface area contributed by atoms with Crippen LogP contribution < -0.4 is 0 Å². The summed E-state index contributed by atoms with van der Waals surface area (Å²) in [7, 11) is 0. The number of nitrogens with zero attached hydrogens (tertiary/aromatic N) is 1. The molecule has 1 fully saturated rings. The van der Waals surface area contributed by atoms with Crippen molar-refractivity contribution in [3.63, 3.8) is 0 Å². The Morgan fingerprint density at radius 2 is 2.12 bits per heavy atom. The van der Waals surface area contributed by atoms with E-state index in [4.69, 9.17) is 0 Å². The molecular formula is C14H19NO. The quantitative estimate of drug-likeness (QED) is 0.770. The summed E-state index contributed by atoms with van der Waals surface area (Å²) >= 11 is 0. The smallest absolute Gasteiger partial charge is 0.151 e. The molecule has 0 amide bonds. The van der Waals surface area contributed by atoms with Gasteiger partial charge in [-0.1, -0.05) is 37.3 Å². The summed E-state index contributed by atoms with van der Waals surface area (Å²) < 4.78 is 0. The van der Waals surface area contributed by atoms with E-state index in [2.05, 4.69) is 11.8 Å². The van der Waals surface area contributed by atoms with E-state index in [1.807, 2.05) is 30.3 Å². The Labute approximate surface area is 97.3 Å². The maximum Gasteiger partial charge on any atom is 0.151 e. The average Bonchev–Trinajstić information content (AvgIpc) is 2.65. The highest BCUT2D eigenvalue weighted by Crippen LogP contribution is 2.14. The standard InChI is InChI=1S/C14H19NO/c1-12-7-8-15(10-12)11-14(16)9-13-5-3-2-4-6-13/h2-6,12H,7-11H2,1H3. The minimum atomic E-state index is 0.334. The molecule has 1 unspecified atom stereocenters. The fourth-order valence-electron chi connectivity index (χ4n) is 2.30. The lowest BCUT2D eigenvalue weighted by molar-refractivity contribution is -0.119. The molecule has 0 bridgehead atoms. The third-order valence-electron chi connectivity index (χ3n) is 3.15. The summed E-state index contributed by atoms with van der Waals surface area (Å²) in [4.78, 5) is 14.1. The molecular weight excluding hydrogens is 198 g/mol. The average molecular weight is 217 g/mol. The van der Waals surface area contributed by atoms with Gasteiger partial charge in [0, 0.05) is 13.0 Å². The summed E-state index contributed by atoms with van der Waals surface area (Å²) in [6, 6.07) is 9.99. The number of rotatable bonds is 4. The van der Waals surface area contributed by atoms with Gasteiger partial charge in [-0.15, -0.1) is 0 Å². The second-order valence-corrected chi connectivity index (χ2v) is 4.83. The lowest BCUT2D eigenvalue weighted by atomic mass is 10.1. The van der Waals surface area contributed by atoms with E-state index in [9.17, 15) is 4.79 Å². The number of hydrogen-bond donors (Lipinski definition) is 0. The maximum atomic E-state index is 11.8. The first-order valence-corrected chi connectivity index (χ1v) is 6.02. The highest BCUT2D eigenvalue weighted by atomic mass is 16.1. The largest absolute Gasteiger partial charge is 0.298 e. The molecule has 0 saturated carbocycles. The molecule has 1 aliphatic rings. The fraction of sp³-hybridized carbons (Fsp3) is 0.500. The van der Waals surface area contributed by atoms with E-state index in [0.717, 1.165) is 24.6 Å². The highest BCUT2D eigenvalue weighted by Gasteiger charge is 2.20. The van der Waals surface area contributed by atoms with Gasteiger partial charge in [0.05, 0.1) is 6.54 Å². The second kappa shape index (κ2) is 5.26. The summed E-state index contributed by atoms with van der Waals surface area (Å²) in [5.74, 6) is 1.09. The van der Waals surface area contributed by atoms with E-state index in [-0.39, 0.29) is 0 Å². The van der Waals surface area contributed by atoms with Crippen molar-refractivity contribution in [1.29, 1.82) is 0 Å². The molecule has 1 heterocycles. The number of ketones is 1. The summed E-state index contributed by atoms with van der Waals surface area (Å²) in [6.45, 7) is 5.04. The van der Waals surface area contributed by atoms with Crippen LogP contribution in [0.3, 0.4) is 0 Å². The van der Waals surface area contributed by atoms with Crippen LogP contribution in [0.4, 0.5) is 0 Å². The normalized spacial score (nSPS) is 21.2. The molecule has 1 atom stereocenters. The van der Waals surface area contributed by atoms with Crippen molar-refractivity contribution in [2.45, 2.75) is 19.8 Å². The first-order chi connectivity index (χ1) is 7.74. The Bertz CT molecular complexity index is 347. The van der Waals surface area contributed by atoms with Crippen molar-refractivity contribution in [2.75, 3.05) is 19.6 Å². The Morgan fingerprint density at radius 1 is 1.38 bits per heavy atom. The summed E-state index contributed by atoms with van der Waals surface area (Å²) in [5, 5.41) is 0. The van der Waals surface area contributed by atoms with Crippen LogP contribution in [0.5, 0.6) is 0 Å². The molecule has 86 valence electrons. The van der Waals surface area contributed by atoms with Gasteiger partial charge in [-0.25, -0.2) is 0 Å². The van der Waals surface area contributed by atoms with Crippen LogP contribution >= 0.6 is 0 Å². The molecule has 16 heavy (non-hydrogen) atoms. The van der Waals surface area contributed by atoms with Crippen LogP contribution in [0.15, 0.2) is 30.3 Å². The molecule has 1 saturated heterocycles. The predicted molar refractivity (Wildman–Crippen MR) is 65.4 cm³/mol. The molecule has 1 aliphatic heterocycles. The minimum Gasteiger partial charge on any atom is -0.298 e. The topological polar surface area (TPSA) is 20.3 Å². The zero-order valence-electron chi connectivity index (χ0n) is 9.86. The van der Waals surface area contributed by atoms with Crippen molar-refractivity contribution in [3.8, 4) is 0 Å². The van der Waals surface area contributed by atoms with Gasteiger partial charge in [-0.2, -0.15) is 0 Å². The van der Waals surface area contributed by atoms with Crippen LogP contribution in [0.25, 0.3) is 0 Å². The predicted octanol–water partition coefficient (Wildman–Crippen LogP) is 2.14. The molecule has 2 nitrogen and oxygen atoms in total. The molecule has 0 aliphatic carbocycles. The van der Waals surface area contributed by atoms with E-state index < -0.39 is 0 Å². The van der Waals surface area contributed by atoms with Crippen LogP contribution in [0.2, 0.25) is 0 Å². The van der Waals surface area contributed by atoms with E-state index in [1.165, 1.54) is 6.42 Å². The second-order valence-electron chi connectivity index (χ2n) is 4.83. The van der Waals surface area contributed by atoms with Gasteiger partial charge >= 0.3 is 0 Å². The Kier molecular flexibility index (Phi) is 3.73. The van der Waals surface area contributed by atoms with E-state index >= 15 is 0 Å². The lowest BCUT2D eigenvalue weighted by Crippen LogP contribution is -2.28. The number of benzene rings is 1. The van der Waals surface area contributed by atoms with Crippen molar-refractivity contribution in [1.82, 2.24) is 4.90 Å².